The number of nitrogens with one attached hydrogen (secondary N) is 1. The smallest absolute Gasteiger partial charge is 0.309 e. The number of fused-ring (bicyclic) bond motifs is 1. The minimum absolute atomic E-state index is 0.0948. The summed E-state index contributed by atoms with van der Waals surface area (Å²) in [5, 5.41) is 25.5. The summed E-state index contributed by atoms with van der Waals surface area (Å²) in [4.78, 5) is 27.3. The molecule has 0 saturated carbocycles. The van der Waals surface area contributed by atoms with Crippen LogP contribution < -0.4 is 5.32 Å². The number of aliphatic hydroxyl groups excluding tert-OH is 2. The zero-order chi connectivity index (χ0) is 25.9. The first kappa shape index (κ1) is 25.8. The fraction of sp³-hybridized carbons (Fsp3) is 0.520. The maximum Gasteiger partial charge on any atom is 0.309 e. The number of ether oxygens (including phenoxy) is 2. The van der Waals surface area contributed by atoms with Gasteiger partial charge in [0.2, 0.25) is 0 Å². The van der Waals surface area contributed by atoms with Crippen LogP contribution in [0.3, 0.4) is 0 Å². The van der Waals surface area contributed by atoms with Crippen molar-refractivity contribution in [2.24, 2.45) is 5.92 Å². The number of carbonyl (C=O) groups is 1. The number of anilines is 1. The Hall–Kier alpha value is -2.83. The topological polar surface area (TPSA) is 135 Å². The minimum Gasteiger partial charge on any atom is -0.466 e. The van der Waals surface area contributed by atoms with Crippen LogP contribution in [0.4, 0.5) is 5.82 Å². The second-order valence-corrected chi connectivity index (χ2v) is 9.84. The van der Waals surface area contributed by atoms with Gasteiger partial charge in [0.25, 0.3) is 0 Å². The fourth-order valence-corrected chi connectivity index (χ4v) is 5.19. The van der Waals surface area contributed by atoms with Gasteiger partial charge in [0, 0.05) is 18.1 Å². The molecule has 3 aromatic rings. The highest BCUT2D eigenvalue weighted by Gasteiger charge is 2.45. The summed E-state index contributed by atoms with van der Waals surface area (Å²) in [7, 11) is 0. The second-order valence-electron chi connectivity index (χ2n) is 9.40. The van der Waals surface area contributed by atoms with E-state index in [9.17, 15) is 15.0 Å². The van der Waals surface area contributed by atoms with Gasteiger partial charge in [-0.2, -0.15) is 0 Å². The number of nitrogens with zero attached hydrogens (tertiary/aromatic N) is 5. The third-order valence-electron chi connectivity index (χ3n) is 6.96. The summed E-state index contributed by atoms with van der Waals surface area (Å²) in [6, 6.07) is 7.52. The molecule has 37 heavy (non-hydrogen) atoms. The van der Waals surface area contributed by atoms with Gasteiger partial charge in [-0.3, -0.25) is 9.36 Å². The Labute approximate surface area is 219 Å². The van der Waals surface area contributed by atoms with Crippen LogP contribution >= 0.6 is 11.6 Å². The molecule has 2 aromatic heterocycles. The molecule has 0 radical (unpaired) electrons. The largest absolute Gasteiger partial charge is 0.466 e. The number of imidazole rings is 1. The summed E-state index contributed by atoms with van der Waals surface area (Å²) in [5.74, 6) is 0.297. The lowest BCUT2D eigenvalue weighted by Crippen LogP contribution is -2.44. The summed E-state index contributed by atoms with van der Waals surface area (Å²) in [6.45, 7) is 4.52. The van der Waals surface area contributed by atoms with Crippen LogP contribution in [0, 0.1) is 5.92 Å². The number of carbonyl (C=O) groups excluding carboxylic acids is 1. The lowest BCUT2D eigenvalue weighted by atomic mass is 9.96. The van der Waals surface area contributed by atoms with Crippen molar-refractivity contribution >= 4 is 34.6 Å². The van der Waals surface area contributed by atoms with E-state index in [2.05, 4.69) is 25.2 Å². The first-order chi connectivity index (χ1) is 17.9. The predicted molar refractivity (Wildman–Crippen MR) is 136 cm³/mol. The minimum atomic E-state index is -1.16. The Bertz CT molecular complexity index is 1230. The van der Waals surface area contributed by atoms with E-state index in [0.717, 1.165) is 5.56 Å². The summed E-state index contributed by atoms with van der Waals surface area (Å²) < 4.78 is 12.9. The van der Waals surface area contributed by atoms with Crippen molar-refractivity contribution in [3.63, 3.8) is 0 Å². The highest BCUT2D eigenvalue weighted by molar-refractivity contribution is 6.30. The summed E-state index contributed by atoms with van der Waals surface area (Å²) in [5.41, 5.74) is 2.00. The lowest BCUT2D eigenvalue weighted by molar-refractivity contribution is -0.149. The molecule has 2 aliphatic rings. The molecule has 11 nitrogen and oxygen atoms in total. The van der Waals surface area contributed by atoms with Crippen molar-refractivity contribution in [2.75, 3.05) is 31.6 Å². The van der Waals surface area contributed by atoms with Gasteiger partial charge in [0.05, 0.1) is 18.9 Å². The van der Waals surface area contributed by atoms with Crippen molar-refractivity contribution in [1.82, 2.24) is 24.4 Å². The number of piperidine rings is 1. The molecule has 2 fully saturated rings. The van der Waals surface area contributed by atoms with Crippen molar-refractivity contribution in [1.29, 1.82) is 0 Å². The molecule has 12 heteroatoms. The van der Waals surface area contributed by atoms with Gasteiger partial charge in [0.15, 0.2) is 23.2 Å². The normalized spacial score (nSPS) is 25.0. The Balaban J connectivity index is 1.24. The van der Waals surface area contributed by atoms with E-state index in [1.54, 1.807) is 4.57 Å². The molecular formula is C25H31ClN6O5. The highest BCUT2D eigenvalue weighted by atomic mass is 35.5. The van der Waals surface area contributed by atoms with Gasteiger partial charge < -0.3 is 29.9 Å². The average molecular weight is 531 g/mol. The molecule has 0 aliphatic carbocycles. The molecule has 0 unspecified atom stereocenters. The first-order valence-electron chi connectivity index (χ1n) is 12.5. The predicted octanol–water partition coefficient (Wildman–Crippen LogP) is 1.99. The Morgan fingerprint density at radius 1 is 1.22 bits per heavy atom. The molecule has 2 saturated heterocycles. The Morgan fingerprint density at radius 2 is 2.03 bits per heavy atom. The maximum atomic E-state index is 12.0. The summed E-state index contributed by atoms with van der Waals surface area (Å²) in [6.07, 6.45) is 0.673. The van der Waals surface area contributed by atoms with E-state index in [0.29, 0.717) is 67.6 Å². The molecule has 0 amide bonds. The quantitative estimate of drug-likeness (QED) is 0.371. The SMILES string of the molecule is CCOC(=O)C1CCN(C[C@H]2O[C@@H](n3cnc4c(NCc5cccc(Cl)c5)ncnc43)[C@H](O)[C@@H]2O)CC1. The zero-order valence-electron chi connectivity index (χ0n) is 20.5. The molecule has 2 aliphatic heterocycles. The Morgan fingerprint density at radius 3 is 2.78 bits per heavy atom. The van der Waals surface area contributed by atoms with Crippen LogP contribution in [0.1, 0.15) is 31.6 Å². The number of aromatic nitrogens is 4. The number of aliphatic hydroxyl groups is 2. The molecule has 1 aromatic carbocycles. The van der Waals surface area contributed by atoms with Gasteiger partial charge in [-0.1, -0.05) is 23.7 Å². The number of hydrogen-bond donors (Lipinski definition) is 3. The number of benzene rings is 1. The van der Waals surface area contributed by atoms with E-state index in [1.165, 1.54) is 12.7 Å². The number of rotatable bonds is 8. The standard InChI is InChI=1S/C25H31ClN6O5/c1-2-36-25(35)16-6-8-31(9-7-16)12-18-20(33)21(34)24(37-18)32-14-30-19-22(28-13-29-23(19)32)27-11-15-4-3-5-17(26)10-15/h3-5,10,13-14,16,18,20-21,24,33-34H,2,6-9,11-12H2,1H3,(H,27,28,29)/t18-,20-,21-,24-/m1/s1. The van der Waals surface area contributed by atoms with Gasteiger partial charge >= 0.3 is 5.97 Å². The number of hydrogen-bond acceptors (Lipinski definition) is 10. The van der Waals surface area contributed by atoms with Gasteiger partial charge in [0.1, 0.15) is 24.6 Å². The Kier molecular flexibility index (Phi) is 7.87. The van der Waals surface area contributed by atoms with E-state index >= 15 is 0 Å². The number of likely N-dealkylation sites (tertiary alicyclic amines) is 1. The van der Waals surface area contributed by atoms with Crippen molar-refractivity contribution in [3.05, 3.63) is 47.5 Å². The van der Waals surface area contributed by atoms with Crippen molar-refractivity contribution < 1.29 is 24.5 Å². The van der Waals surface area contributed by atoms with Gasteiger partial charge in [-0.05, 0) is 50.6 Å². The van der Waals surface area contributed by atoms with Gasteiger partial charge in [-0.15, -0.1) is 0 Å². The van der Waals surface area contributed by atoms with Gasteiger partial charge in [-0.25, -0.2) is 15.0 Å². The van der Waals surface area contributed by atoms with Crippen LogP contribution in [0.25, 0.3) is 11.2 Å². The zero-order valence-corrected chi connectivity index (χ0v) is 21.3. The third-order valence-corrected chi connectivity index (χ3v) is 7.20. The molecule has 4 heterocycles. The molecule has 198 valence electrons. The fourth-order valence-electron chi connectivity index (χ4n) is 4.98. The van der Waals surface area contributed by atoms with Crippen LogP contribution in [0.2, 0.25) is 5.02 Å². The summed E-state index contributed by atoms with van der Waals surface area (Å²) >= 11 is 6.08. The van der Waals surface area contributed by atoms with E-state index in [4.69, 9.17) is 21.1 Å². The molecule has 0 spiro atoms. The average Bonchev–Trinajstić information content (AvgIpc) is 3.45. The van der Waals surface area contributed by atoms with E-state index in [-0.39, 0.29) is 11.9 Å². The van der Waals surface area contributed by atoms with Crippen LogP contribution in [-0.2, 0) is 20.8 Å². The third kappa shape index (κ3) is 5.55. The van der Waals surface area contributed by atoms with Crippen LogP contribution in [0.15, 0.2) is 36.9 Å². The molecular weight excluding hydrogens is 500 g/mol. The monoisotopic (exact) mass is 530 g/mol. The van der Waals surface area contributed by atoms with E-state index < -0.39 is 24.5 Å². The van der Waals surface area contributed by atoms with Crippen LogP contribution in [0.5, 0.6) is 0 Å². The maximum absolute atomic E-state index is 12.0. The number of halogens is 1. The number of esters is 1. The molecule has 5 rings (SSSR count). The van der Waals surface area contributed by atoms with E-state index in [1.807, 2.05) is 31.2 Å². The highest BCUT2D eigenvalue weighted by Crippen LogP contribution is 2.33. The van der Waals surface area contributed by atoms with Crippen molar-refractivity contribution in [2.45, 2.75) is 50.8 Å². The second kappa shape index (κ2) is 11.3. The van der Waals surface area contributed by atoms with Crippen molar-refractivity contribution in [3.8, 4) is 0 Å². The molecule has 0 bridgehead atoms. The lowest BCUT2D eigenvalue weighted by Gasteiger charge is -2.32. The molecule has 3 N–H and O–H groups in total. The van der Waals surface area contributed by atoms with Crippen LogP contribution in [-0.4, -0.2) is 85.2 Å². The molecule has 4 atom stereocenters. The first-order valence-corrected chi connectivity index (χ1v) is 12.9.